The fourth-order valence-corrected chi connectivity index (χ4v) is 7.03. The van der Waals surface area contributed by atoms with Crippen LogP contribution in [-0.2, 0) is 44.5 Å². The third kappa shape index (κ3) is 14.4. The van der Waals surface area contributed by atoms with Crippen LogP contribution < -0.4 is 16.0 Å². The molecule has 0 aliphatic carbocycles. The number of likely N-dealkylation sites (tertiary alicyclic amines) is 1. The van der Waals surface area contributed by atoms with Gasteiger partial charge in [0.2, 0.25) is 11.8 Å². The number of hydrogen-bond donors (Lipinski definition) is 3. The van der Waals surface area contributed by atoms with Gasteiger partial charge >= 0.3 is 18.2 Å². The molecule has 3 fully saturated rings. The first-order valence-electron chi connectivity index (χ1n) is 19.1. The number of amides is 4. The topological polar surface area (TPSA) is 171 Å². The van der Waals surface area contributed by atoms with Gasteiger partial charge in [-0.05, 0) is 75.5 Å². The lowest BCUT2D eigenvalue weighted by molar-refractivity contribution is -0.329. The minimum absolute atomic E-state index is 0.00484. The number of nitrogens with zero attached hydrogens (tertiary/aromatic N) is 1. The molecule has 0 unspecified atom stereocenters. The number of rotatable bonds is 18. The summed E-state index contributed by atoms with van der Waals surface area (Å²) < 4.78 is 42.8. The number of halogens is 1. The van der Waals surface area contributed by atoms with E-state index in [4.69, 9.17) is 23.7 Å². The highest BCUT2D eigenvalue weighted by atomic mass is 19.1. The van der Waals surface area contributed by atoms with Gasteiger partial charge in [0, 0.05) is 58.3 Å². The van der Waals surface area contributed by atoms with Crippen molar-refractivity contribution in [3.8, 4) is 0 Å². The third-order valence-electron chi connectivity index (χ3n) is 9.53. The van der Waals surface area contributed by atoms with Crippen LogP contribution in [0.4, 0.5) is 14.0 Å². The molecule has 1 spiro atoms. The number of alkyl carbamates (subject to hydrolysis) is 2. The monoisotopic (exact) mass is 748 g/mol. The number of carbonyl (C=O) groups is 5. The molecule has 4 amide bonds. The third-order valence-corrected chi connectivity index (χ3v) is 9.53. The fourth-order valence-electron chi connectivity index (χ4n) is 7.03. The fraction of sp³-hybridized carbons (Fsp3) is 0.711. The van der Waals surface area contributed by atoms with Crippen molar-refractivity contribution in [2.75, 3.05) is 39.4 Å². The van der Waals surface area contributed by atoms with Crippen LogP contribution in [-0.4, -0.2) is 104 Å². The standard InChI is InChI=1S/C38H57FN4O10/c1-4-49-35(46)32(22-26(2)3)42-33(44)15-14-29-23-31(51-37(48)41-19-16-27-10-12-28(39)13-11-27)24-38(52-29)17-5-8-30(53-38)25-50-36(47)40-18-7-21-43-20-6-9-34(43)45/h10-13,26,29-32H,4-9,14-25H2,1-3H3,(H,40,47)(H,41,48)(H,42,44)/t29-,30-,31-,32+,38+/m1/s1. The molecular weight excluding hydrogens is 691 g/mol. The van der Waals surface area contributed by atoms with Crippen molar-refractivity contribution in [3.63, 3.8) is 0 Å². The van der Waals surface area contributed by atoms with Gasteiger partial charge in [0.25, 0.3) is 0 Å². The molecule has 3 saturated heterocycles. The number of ether oxygens (including phenoxy) is 5. The molecule has 14 nitrogen and oxygen atoms in total. The minimum Gasteiger partial charge on any atom is -0.464 e. The van der Waals surface area contributed by atoms with Crippen molar-refractivity contribution in [1.29, 1.82) is 0 Å². The smallest absolute Gasteiger partial charge is 0.407 e. The quantitative estimate of drug-likeness (QED) is 0.110. The summed E-state index contributed by atoms with van der Waals surface area (Å²) in [6.45, 7) is 7.85. The summed E-state index contributed by atoms with van der Waals surface area (Å²) in [5.74, 6) is -1.96. The number of hydrogen-bond acceptors (Lipinski definition) is 10. The SMILES string of the molecule is CCOC(=O)[C@H](CC(C)C)NC(=O)CC[C@@H]1C[C@@H](OC(=O)NCCc2ccc(F)cc2)C[C@@]2(CCC[C@H](COC(=O)NCCCN3CCCC3=O)O2)O1. The Bertz CT molecular complexity index is 1360. The molecule has 3 aliphatic rings. The highest BCUT2D eigenvalue weighted by Crippen LogP contribution is 2.41. The zero-order valence-electron chi connectivity index (χ0n) is 31.3. The lowest BCUT2D eigenvalue weighted by atomic mass is 9.90. The van der Waals surface area contributed by atoms with Gasteiger partial charge in [-0.1, -0.05) is 26.0 Å². The minimum atomic E-state index is -1.13. The Morgan fingerprint density at radius 2 is 1.77 bits per heavy atom. The molecule has 296 valence electrons. The largest absolute Gasteiger partial charge is 0.464 e. The van der Waals surface area contributed by atoms with Gasteiger partial charge in [-0.3, -0.25) is 9.59 Å². The summed E-state index contributed by atoms with van der Waals surface area (Å²) in [5, 5.41) is 8.30. The molecule has 5 atom stereocenters. The van der Waals surface area contributed by atoms with Crippen LogP contribution in [0.3, 0.4) is 0 Å². The Labute approximate surface area is 311 Å². The van der Waals surface area contributed by atoms with E-state index >= 15 is 0 Å². The Hall–Kier alpha value is -3.98. The molecule has 1 aromatic rings. The summed E-state index contributed by atoms with van der Waals surface area (Å²) in [6, 6.07) is 5.29. The van der Waals surface area contributed by atoms with E-state index in [9.17, 15) is 28.4 Å². The second kappa shape index (κ2) is 21.0. The molecule has 3 N–H and O–H groups in total. The molecule has 0 saturated carbocycles. The highest BCUT2D eigenvalue weighted by molar-refractivity contribution is 5.84. The van der Waals surface area contributed by atoms with Crippen LogP contribution in [0.25, 0.3) is 0 Å². The Kier molecular flexibility index (Phi) is 16.6. The lowest BCUT2D eigenvalue weighted by Crippen LogP contribution is -2.54. The van der Waals surface area contributed by atoms with Gasteiger partial charge in [0.1, 0.15) is 24.6 Å². The first kappa shape index (κ1) is 41.8. The van der Waals surface area contributed by atoms with Crippen molar-refractivity contribution < 1.29 is 52.0 Å². The maximum absolute atomic E-state index is 13.3. The van der Waals surface area contributed by atoms with Crippen molar-refractivity contribution in [3.05, 3.63) is 35.6 Å². The molecule has 1 aromatic carbocycles. The molecule has 15 heteroatoms. The summed E-state index contributed by atoms with van der Waals surface area (Å²) in [7, 11) is 0. The summed E-state index contributed by atoms with van der Waals surface area (Å²) in [6.07, 6.45) is 3.00. The van der Waals surface area contributed by atoms with Crippen LogP contribution in [0.2, 0.25) is 0 Å². The van der Waals surface area contributed by atoms with Crippen molar-refractivity contribution in [2.45, 2.75) is 128 Å². The number of nitrogens with one attached hydrogen (secondary N) is 3. The van der Waals surface area contributed by atoms with E-state index in [1.54, 1.807) is 24.0 Å². The van der Waals surface area contributed by atoms with E-state index in [1.807, 2.05) is 13.8 Å². The van der Waals surface area contributed by atoms with Crippen LogP contribution >= 0.6 is 0 Å². The summed E-state index contributed by atoms with van der Waals surface area (Å²) >= 11 is 0. The normalized spacial score (nSPS) is 23.4. The average molecular weight is 749 g/mol. The maximum atomic E-state index is 13.3. The number of esters is 1. The van der Waals surface area contributed by atoms with Gasteiger partial charge in [0.05, 0.1) is 18.8 Å². The van der Waals surface area contributed by atoms with Gasteiger partial charge in [-0.25, -0.2) is 18.8 Å². The van der Waals surface area contributed by atoms with E-state index in [2.05, 4.69) is 16.0 Å². The van der Waals surface area contributed by atoms with Crippen molar-refractivity contribution in [2.24, 2.45) is 5.92 Å². The second-order valence-electron chi connectivity index (χ2n) is 14.5. The predicted molar refractivity (Wildman–Crippen MR) is 191 cm³/mol. The first-order valence-corrected chi connectivity index (χ1v) is 19.1. The van der Waals surface area contributed by atoms with Gasteiger partial charge in [-0.2, -0.15) is 0 Å². The van der Waals surface area contributed by atoms with E-state index < -0.39 is 48.3 Å². The Balaban J connectivity index is 1.32. The molecule has 4 rings (SSSR count). The van der Waals surface area contributed by atoms with Gasteiger partial charge < -0.3 is 44.5 Å². The van der Waals surface area contributed by atoms with Crippen LogP contribution in [0.5, 0.6) is 0 Å². The van der Waals surface area contributed by atoms with Crippen LogP contribution in [0, 0.1) is 11.7 Å². The van der Waals surface area contributed by atoms with E-state index in [-0.39, 0.29) is 62.6 Å². The molecule has 0 radical (unpaired) electrons. The van der Waals surface area contributed by atoms with Crippen LogP contribution in [0.1, 0.15) is 97.0 Å². The highest BCUT2D eigenvalue weighted by Gasteiger charge is 2.47. The molecule has 0 bridgehead atoms. The number of benzene rings is 1. The zero-order chi connectivity index (χ0) is 38.2. The van der Waals surface area contributed by atoms with Gasteiger partial charge in [0.15, 0.2) is 5.79 Å². The van der Waals surface area contributed by atoms with E-state index in [0.29, 0.717) is 64.5 Å². The molecule has 3 heterocycles. The zero-order valence-corrected chi connectivity index (χ0v) is 31.3. The first-order chi connectivity index (χ1) is 25.4. The van der Waals surface area contributed by atoms with E-state index in [0.717, 1.165) is 18.5 Å². The molecule has 3 aliphatic heterocycles. The second-order valence-corrected chi connectivity index (χ2v) is 14.5. The van der Waals surface area contributed by atoms with Crippen molar-refractivity contribution >= 4 is 30.0 Å². The molecule has 53 heavy (non-hydrogen) atoms. The van der Waals surface area contributed by atoms with E-state index in [1.165, 1.54) is 12.1 Å². The van der Waals surface area contributed by atoms with Crippen molar-refractivity contribution in [1.82, 2.24) is 20.9 Å². The molecular formula is C38H57FN4O10. The average Bonchev–Trinajstić information content (AvgIpc) is 3.52. The summed E-state index contributed by atoms with van der Waals surface area (Å²) in [4.78, 5) is 64.5. The van der Waals surface area contributed by atoms with Gasteiger partial charge in [-0.15, -0.1) is 0 Å². The Morgan fingerprint density at radius 1 is 1.02 bits per heavy atom. The predicted octanol–water partition coefficient (Wildman–Crippen LogP) is 4.52. The Morgan fingerprint density at radius 3 is 2.49 bits per heavy atom. The lowest BCUT2D eigenvalue weighted by Gasteiger charge is -2.47. The maximum Gasteiger partial charge on any atom is 0.407 e. The van der Waals surface area contributed by atoms with Crippen LogP contribution in [0.15, 0.2) is 24.3 Å². The number of carbonyl (C=O) groups excluding carboxylic acids is 5. The summed E-state index contributed by atoms with van der Waals surface area (Å²) in [5.41, 5.74) is 0.866. The molecule has 0 aromatic heterocycles.